The predicted molar refractivity (Wildman–Crippen MR) is 105 cm³/mol. The molecule has 2 aromatic rings. The molecular formula is C21H38N4O2+2. The summed E-state index contributed by atoms with van der Waals surface area (Å²) in [6.07, 6.45) is 20.8. The molecule has 0 unspecified atom stereocenters. The lowest BCUT2D eigenvalue weighted by Crippen LogP contribution is -2.33. The summed E-state index contributed by atoms with van der Waals surface area (Å²) in [5, 5.41) is 0. The lowest BCUT2D eigenvalue weighted by atomic mass is 10.2. The van der Waals surface area contributed by atoms with E-state index in [4.69, 9.17) is 9.47 Å². The zero-order valence-electron chi connectivity index (χ0n) is 17.3. The van der Waals surface area contributed by atoms with Crippen molar-refractivity contribution in [2.75, 3.05) is 13.2 Å². The third-order valence-electron chi connectivity index (χ3n) is 4.59. The highest BCUT2D eigenvalue weighted by atomic mass is 16.5. The van der Waals surface area contributed by atoms with E-state index in [9.17, 15) is 0 Å². The van der Waals surface area contributed by atoms with E-state index in [-0.39, 0.29) is 0 Å². The van der Waals surface area contributed by atoms with Crippen molar-refractivity contribution >= 4 is 0 Å². The third kappa shape index (κ3) is 9.20. The van der Waals surface area contributed by atoms with E-state index in [0.717, 1.165) is 45.6 Å². The van der Waals surface area contributed by atoms with Crippen LogP contribution in [0, 0.1) is 0 Å². The minimum Gasteiger partial charge on any atom is -0.342 e. The van der Waals surface area contributed by atoms with Crippen LogP contribution < -0.4 is 9.13 Å². The number of hydrogen-bond acceptors (Lipinski definition) is 2. The third-order valence-corrected chi connectivity index (χ3v) is 4.59. The Bertz CT molecular complexity index is 557. The molecule has 0 saturated carbocycles. The molecule has 0 spiro atoms. The van der Waals surface area contributed by atoms with Gasteiger partial charge in [-0.3, -0.25) is 0 Å². The summed E-state index contributed by atoms with van der Waals surface area (Å²) < 4.78 is 20.1. The number of unbranched alkanes of at least 4 members (excludes halogenated alkanes) is 4. The van der Waals surface area contributed by atoms with Crippen LogP contribution in [0.1, 0.15) is 58.8 Å². The first kappa shape index (κ1) is 21.6. The predicted octanol–water partition coefficient (Wildman–Crippen LogP) is 3.28. The second-order valence-corrected chi connectivity index (χ2v) is 7.17. The van der Waals surface area contributed by atoms with Gasteiger partial charge in [0.15, 0.2) is 13.5 Å². The number of aromatic nitrogens is 4. The van der Waals surface area contributed by atoms with Crippen LogP contribution in [0.15, 0.2) is 37.4 Å². The molecule has 2 heterocycles. The molecule has 0 amide bonds. The fourth-order valence-electron chi connectivity index (χ4n) is 2.90. The van der Waals surface area contributed by atoms with Crippen molar-refractivity contribution < 1.29 is 18.6 Å². The van der Waals surface area contributed by atoms with Gasteiger partial charge in [0.05, 0.1) is 26.3 Å². The smallest absolute Gasteiger partial charge is 0.245 e. The van der Waals surface area contributed by atoms with Gasteiger partial charge in [-0.15, -0.1) is 0 Å². The van der Waals surface area contributed by atoms with E-state index < -0.39 is 0 Å². The number of rotatable bonds is 16. The zero-order chi connectivity index (χ0) is 19.2. The summed E-state index contributed by atoms with van der Waals surface area (Å²) in [5.41, 5.74) is 0. The fraction of sp³-hybridized carbons (Fsp3) is 0.714. The van der Waals surface area contributed by atoms with Crippen molar-refractivity contribution in [3.05, 3.63) is 37.4 Å². The first-order valence-corrected chi connectivity index (χ1v) is 10.6. The van der Waals surface area contributed by atoms with Crippen molar-refractivity contribution in [1.29, 1.82) is 0 Å². The maximum Gasteiger partial charge on any atom is 0.245 e. The molecule has 0 aliphatic heterocycles. The van der Waals surface area contributed by atoms with Gasteiger partial charge in [0, 0.05) is 0 Å². The van der Waals surface area contributed by atoms with Crippen LogP contribution in [0.25, 0.3) is 0 Å². The van der Waals surface area contributed by atoms with Crippen LogP contribution in [0.5, 0.6) is 0 Å². The van der Waals surface area contributed by atoms with E-state index in [0.29, 0.717) is 13.5 Å². The molecule has 6 heteroatoms. The van der Waals surface area contributed by atoms with Crippen LogP contribution in [0.2, 0.25) is 0 Å². The quantitative estimate of drug-likeness (QED) is 0.332. The normalized spacial score (nSPS) is 11.3. The molecule has 0 radical (unpaired) electrons. The molecule has 152 valence electrons. The van der Waals surface area contributed by atoms with Crippen LogP contribution >= 0.6 is 0 Å². The minimum atomic E-state index is 0.640. The Morgan fingerprint density at radius 2 is 1.15 bits per heavy atom. The van der Waals surface area contributed by atoms with Gasteiger partial charge >= 0.3 is 0 Å². The monoisotopic (exact) mass is 378 g/mol. The van der Waals surface area contributed by atoms with Crippen molar-refractivity contribution in [3.63, 3.8) is 0 Å². The van der Waals surface area contributed by atoms with Gasteiger partial charge in [-0.2, -0.15) is 0 Å². The molecule has 0 bridgehead atoms. The Hall–Kier alpha value is -1.66. The molecule has 0 aliphatic carbocycles. The van der Waals surface area contributed by atoms with Crippen LogP contribution in [-0.2, 0) is 36.0 Å². The minimum absolute atomic E-state index is 0.640. The van der Waals surface area contributed by atoms with Crippen molar-refractivity contribution in [1.82, 2.24) is 9.13 Å². The summed E-state index contributed by atoms with van der Waals surface area (Å²) in [4.78, 5) is 0. The Morgan fingerprint density at radius 3 is 1.59 bits per heavy atom. The van der Waals surface area contributed by atoms with E-state index in [1.807, 2.05) is 0 Å². The average Bonchev–Trinajstić information content (AvgIpc) is 3.32. The molecule has 0 aromatic carbocycles. The summed E-state index contributed by atoms with van der Waals surface area (Å²) in [6, 6.07) is 0. The second kappa shape index (κ2) is 13.5. The molecule has 0 N–H and O–H groups in total. The first-order chi connectivity index (χ1) is 13.3. The largest absolute Gasteiger partial charge is 0.342 e. The maximum absolute atomic E-state index is 5.75. The maximum atomic E-state index is 5.75. The number of imidazole rings is 2. The fourth-order valence-corrected chi connectivity index (χ4v) is 2.90. The lowest BCUT2D eigenvalue weighted by molar-refractivity contribution is -0.732. The first-order valence-electron chi connectivity index (χ1n) is 10.6. The molecule has 2 aromatic heterocycles. The van der Waals surface area contributed by atoms with Crippen LogP contribution in [0.3, 0.4) is 0 Å². The van der Waals surface area contributed by atoms with Gasteiger partial charge in [-0.25, -0.2) is 18.3 Å². The van der Waals surface area contributed by atoms with Crippen LogP contribution in [-0.4, -0.2) is 22.3 Å². The number of aryl methyl sites for hydroxylation is 2. The molecule has 6 nitrogen and oxygen atoms in total. The Labute approximate surface area is 164 Å². The van der Waals surface area contributed by atoms with Crippen LogP contribution in [0.4, 0.5) is 0 Å². The average molecular weight is 379 g/mol. The molecule has 0 saturated heterocycles. The Kier molecular flexibility index (Phi) is 10.8. The Balaban J connectivity index is 1.42. The Morgan fingerprint density at radius 1 is 0.667 bits per heavy atom. The number of ether oxygens (including phenoxy) is 2. The highest BCUT2D eigenvalue weighted by molar-refractivity contribution is 4.66. The number of nitrogens with zero attached hydrogens (tertiary/aromatic N) is 4. The molecule has 2 rings (SSSR count). The molecule has 27 heavy (non-hydrogen) atoms. The van der Waals surface area contributed by atoms with E-state index in [1.165, 1.54) is 25.7 Å². The van der Waals surface area contributed by atoms with E-state index in [2.05, 4.69) is 69.6 Å². The van der Waals surface area contributed by atoms with Gasteiger partial charge in [-0.05, 0) is 32.1 Å². The topological polar surface area (TPSA) is 36.1 Å². The molecule has 0 fully saturated rings. The van der Waals surface area contributed by atoms with Gasteiger partial charge in [0.1, 0.15) is 24.8 Å². The number of hydrogen-bond donors (Lipinski definition) is 0. The summed E-state index contributed by atoms with van der Waals surface area (Å²) in [5.74, 6) is 0. The molecule has 0 aliphatic rings. The zero-order valence-corrected chi connectivity index (χ0v) is 17.3. The van der Waals surface area contributed by atoms with Crippen molar-refractivity contribution in [2.24, 2.45) is 0 Å². The second-order valence-electron chi connectivity index (χ2n) is 7.17. The lowest BCUT2D eigenvalue weighted by Gasteiger charge is -2.03. The highest BCUT2D eigenvalue weighted by Crippen LogP contribution is 1.98. The van der Waals surface area contributed by atoms with Gasteiger partial charge in [0.25, 0.3) is 0 Å². The SMILES string of the molecule is CCCCn1cc[n+](COCCCCCOC[n+]2ccn(CCCC)c2)c1. The van der Waals surface area contributed by atoms with E-state index >= 15 is 0 Å². The summed E-state index contributed by atoms with van der Waals surface area (Å²) >= 11 is 0. The summed E-state index contributed by atoms with van der Waals surface area (Å²) in [6.45, 7) is 9.51. The molecular weight excluding hydrogens is 340 g/mol. The molecule has 0 atom stereocenters. The van der Waals surface area contributed by atoms with Gasteiger partial charge < -0.3 is 9.47 Å². The standard InChI is InChI=1S/C21H38N4O2/c1-3-5-10-22-12-14-24(18-22)20-26-16-8-7-9-17-27-21-25-15-13-23(19-25)11-6-4-2/h12-15,18-19H,3-11,16-17,20-21H2,1-2H3/q+2. The van der Waals surface area contributed by atoms with Crippen molar-refractivity contribution in [3.8, 4) is 0 Å². The summed E-state index contributed by atoms with van der Waals surface area (Å²) in [7, 11) is 0. The van der Waals surface area contributed by atoms with Gasteiger partial charge in [-0.1, -0.05) is 26.7 Å². The highest BCUT2D eigenvalue weighted by Gasteiger charge is 2.04. The van der Waals surface area contributed by atoms with Gasteiger partial charge in [0.2, 0.25) is 12.7 Å². The van der Waals surface area contributed by atoms with Crippen molar-refractivity contribution in [2.45, 2.75) is 85.3 Å². The van der Waals surface area contributed by atoms with E-state index in [1.54, 1.807) is 0 Å².